The molecule has 1 aliphatic heterocycles. The van der Waals surface area contributed by atoms with E-state index in [0.717, 1.165) is 43.4 Å². The molecule has 2 saturated carbocycles. The smallest absolute Gasteiger partial charge is 0.201 e. The molecule has 0 aromatic heterocycles. The first-order chi connectivity index (χ1) is 15.5. The van der Waals surface area contributed by atoms with Gasteiger partial charge in [0.2, 0.25) is 5.82 Å². The molecule has 0 amide bonds. The third-order valence-electron chi connectivity index (χ3n) is 8.66. The predicted molar refractivity (Wildman–Crippen MR) is 125 cm³/mol. The van der Waals surface area contributed by atoms with Crippen molar-refractivity contribution < 1.29 is 18.6 Å². The SMILES string of the molecule is C=CCCC1CCC(C2CCC(C3CCc4cc(C(O)CC)c(F)c(F)c4O3)CC2)CC1. The highest BCUT2D eigenvalue weighted by atomic mass is 19.2. The van der Waals surface area contributed by atoms with Gasteiger partial charge in [0, 0.05) is 5.56 Å². The first-order valence-corrected chi connectivity index (χ1v) is 13.0. The molecular formula is C28H40F2O2. The minimum absolute atomic E-state index is 0.0195. The number of allylic oxidation sites excluding steroid dienone is 1. The molecule has 2 atom stereocenters. The Morgan fingerprint density at radius 1 is 1.00 bits per heavy atom. The van der Waals surface area contributed by atoms with Crippen molar-refractivity contribution in [3.63, 3.8) is 0 Å². The van der Waals surface area contributed by atoms with Crippen LogP contribution < -0.4 is 4.74 Å². The van der Waals surface area contributed by atoms with Crippen LogP contribution in [-0.4, -0.2) is 11.2 Å². The van der Waals surface area contributed by atoms with E-state index in [1.807, 2.05) is 6.08 Å². The lowest BCUT2D eigenvalue weighted by Crippen LogP contribution is -2.35. The quantitative estimate of drug-likeness (QED) is 0.435. The predicted octanol–water partition coefficient (Wildman–Crippen LogP) is 7.68. The van der Waals surface area contributed by atoms with Gasteiger partial charge in [-0.15, -0.1) is 6.58 Å². The Morgan fingerprint density at radius 3 is 2.25 bits per heavy atom. The number of hydrogen-bond donors (Lipinski definition) is 1. The van der Waals surface area contributed by atoms with Crippen LogP contribution in [0.25, 0.3) is 0 Å². The molecule has 0 bridgehead atoms. The summed E-state index contributed by atoms with van der Waals surface area (Å²) in [4.78, 5) is 0. The third-order valence-corrected chi connectivity index (χ3v) is 8.66. The van der Waals surface area contributed by atoms with E-state index in [2.05, 4.69) is 6.58 Å². The number of aliphatic hydroxyl groups excluding tert-OH is 1. The second-order valence-electron chi connectivity index (χ2n) is 10.5. The summed E-state index contributed by atoms with van der Waals surface area (Å²) < 4.78 is 35.4. The number of aryl methyl sites for hydroxylation is 1. The highest BCUT2D eigenvalue weighted by molar-refractivity contribution is 5.42. The van der Waals surface area contributed by atoms with Crippen LogP contribution in [0.4, 0.5) is 8.78 Å². The van der Waals surface area contributed by atoms with E-state index in [1.165, 1.54) is 44.9 Å². The van der Waals surface area contributed by atoms with Crippen LogP contribution in [0.2, 0.25) is 0 Å². The summed E-state index contributed by atoms with van der Waals surface area (Å²) in [6.45, 7) is 5.62. The van der Waals surface area contributed by atoms with Crippen LogP contribution in [0.15, 0.2) is 18.7 Å². The molecule has 1 heterocycles. The van der Waals surface area contributed by atoms with Gasteiger partial charge in [-0.2, -0.15) is 4.39 Å². The van der Waals surface area contributed by atoms with E-state index in [-0.39, 0.29) is 17.4 Å². The minimum atomic E-state index is -0.972. The maximum absolute atomic E-state index is 14.8. The average molecular weight is 447 g/mol. The van der Waals surface area contributed by atoms with E-state index in [1.54, 1.807) is 13.0 Å². The van der Waals surface area contributed by atoms with Crippen LogP contribution in [0.3, 0.4) is 0 Å². The van der Waals surface area contributed by atoms with Crippen molar-refractivity contribution >= 4 is 0 Å². The zero-order valence-corrected chi connectivity index (χ0v) is 19.6. The fourth-order valence-corrected chi connectivity index (χ4v) is 6.59. The van der Waals surface area contributed by atoms with Gasteiger partial charge >= 0.3 is 0 Å². The van der Waals surface area contributed by atoms with Gasteiger partial charge in [-0.25, -0.2) is 4.39 Å². The molecule has 0 radical (unpaired) electrons. The van der Waals surface area contributed by atoms with Gasteiger partial charge in [-0.3, -0.25) is 0 Å². The first kappa shape index (κ1) is 23.7. The lowest BCUT2D eigenvalue weighted by atomic mass is 9.67. The summed E-state index contributed by atoms with van der Waals surface area (Å²) in [5, 5.41) is 10.0. The summed E-state index contributed by atoms with van der Waals surface area (Å²) in [6.07, 6.45) is 15.7. The largest absolute Gasteiger partial charge is 0.487 e. The molecule has 2 unspecified atom stereocenters. The van der Waals surface area contributed by atoms with Crippen molar-refractivity contribution in [1.82, 2.24) is 0 Å². The molecule has 1 N–H and O–H groups in total. The van der Waals surface area contributed by atoms with Crippen molar-refractivity contribution in [2.24, 2.45) is 23.7 Å². The highest BCUT2D eigenvalue weighted by Crippen LogP contribution is 2.45. The first-order valence-electron chi connectivity index (χ1n) is 13.0. The Labute approximate surface area is 192 Å². The molecule has 2 fully saturated rings. The number of ether oxygens (including phenoxy) is 1. The Kier molecular flexibility index (Phi) is 7.91. The summed E-state index contributed by atoms with van der Waals surface area (Å²) in [6, 6.07) is 1.61. The van der Waals surface area contributed by atoms with E-state index < -0.39 is 17.7 Å². The van der Waals surface area contributed by atoms with E-state index >= 15 is 0 Å². The van der Waals surface area contributed by atoms with E-state index in [4.69, 9.17) is 4.74 Å². The summed E-state index contributed by atoms with van der Waals surface area (Å²) in [7, 11) is 0. The van der Waals surface area contributed by atoms with Gasteiger partial charge in [-0.05, 0) is 106 Å². The summed E-state index contributed by atoms with van der Waals surface area (Å²) >= 11 is 0. The molecule has 0 saturated heterocycles. The van der Waals surface area contributed by atoms with Crippen LogP contribution in [0, 0.1) is 35.3 Å². The van der Waals surface area contributed by atoms with Crippen LogP contribution in [0.1, 0.15) is 101 Å². The zero-order chi connectivity index (χ0) is 22.7. The van der Waals surface area contributed by atoms with Gasteiger partial charge in [0.05, 0.1) is 6.10 Å². The van der Waals surface area contributed by atoms with Crippen molar-refractivity contribution in [1.29, 1.82) is 0 Å². The van der Waals surface area contributed by atoms with Crippen molar-refractivity contribution in [3.8, 4) is 5.75 Å². The Hall–Kier alpha value is -1.42. The maximum Gasteiger partial charge on any atom is 0.201 e. The molecule has 2 aliphatic carbocycles. The van der Waals surface area contributed by atoms with Gasteiger partial charge in [-0.1, -0.05) is 25.8 Å². The van der Waals surface area contributed by atoms with Crippen molar-refractivity contribution in [2.75, 3.05) is 0 Å². The molecule has 178 valence electrons. The molecule has 4 rings (SSSR count). The fraction of sp³-hybridized carbons (Fsp3) is 0.714. The molecule has 3 aliphatic rings. The number of fused-ring (bicyclic) bond motifs is 1. The number of aliphatic hydroxyl groups is 1. The number of rotatable bonds is 7. The van der Waals surface area contributed by atoms with Gasteiger partial charge in [0.1, 0.15) is 6.10 Å². The lowest BCUT2D eigenvalue weighted by Gasteiger charge is -2.40. The van der Waals surface area contributed by atoms with Gasteiger partial charge in [0.15, 0.2) is 11.6 Å². The van der Waals surface area contributed by atoms with Crippen LogP contribution in [0.5, 0.6) is 5.75 Å². The Bertz CT molecular complexity index is 776. The molecular weight excluding hydrogens is 406 g/mol. The second-order valence-corrected chi connectivity index (χ2v) is 10.5. The summed E-state index contributed by atoms with van der Waals surface area (Å²) in [5.41, 5.74) is 0.759. The minimum Gasteiger partial charge on any atom is -0.487 e. The Balaban J connectivity index is 1.31. The molecule has 2 nitrogen and oxygen atoms in total. The van der Waals surface area contributed by atoms with Crippen molar-refractivity contribution in [3.05, 3.63) is 41.5 Å². The fourth-order valence-electron chi connectivity index (χ4n) is 6.59. The average Bonchev–Trinajstić information content (AvgIpc) is 2.84. The second kappa shape index (κ2) is 10.7. The van der Waals surface area contributed by atoms with Crippen LogP contribution >= 0.6 is 0 Å². The standard InChI is InChI=1S/C28H40F2O2/c1-3-5-6-18-7-9-19(10-8-18)20-11-13-21(14-12-20)25-16-15-22-17-23(24(31)4-2)26(29)27(30)28(22)32-25/h3,17-21,24-25,31H,1,4-16H2,2H3. The highest BCUT2D eigenvalue weighted by Gasteiger charge is 2.36. The number of benzene rings is 1. The van der Waals surface area contributed by atoms with Crippen LogP contribution in [-0.2, 0) is 6.42 Å². The molecule has 32 heavy (non-hydrogen) atoms. The number of hydrogen-bond acceptors (Lipinski definition) is 2. The molecule has 0 spiro atoms. The van der Waals surface area contributed by atoms with Gasteiger partial charge in [0.25, 0.3) is 0 Å². The van der Waals surface area contributed by atoms with Crippen molar-refractivity contribution in [2.45, 2.75) is 103 Å². The summed E-state index contributed by atoms with van der Waals surface area (Å²) in [5.74, 6) is 1.25. The van der Waals surface area contributed by atoms with Gasteiger partial charge < -0.3 is 9.84 Å². The number of halogens is 2. The third kappa shape index (κ3) is 5.05. The maximum atomic E-state index is 14.8. The molecule has 1 aromatic carbocycles. The monoisotopic (exact) mass is 446 g/mol. The lowest BCUT2D eigenvalue weighted by molar-refractivity contribution is 0.0560. The normalized spacial score (nSPS) is 31.4. The van der Waals surface area contributed by atoms with E-state index in [9.17, 15) is 13.9 Å². The topological polar surface area (TPSA) is 29.5 Å². The molecule has 1 aromatic rings. The van der Waals surface area contributed by atoms with E-state index in [0.29, 0.717) is 24.3 Å². The Morgan fingerprint density at radius 2 is 1.62 bits per heavy atom. The zero-order valence-electron chi connectivity index (χ0n) is 19.6. The molecule has 4 heteroatoms.